The van der Waals surface area contributed by atoms with E-state index in [1.54, 1.807) is 43.5 Å². The summed E-state index contributed by atoms with van der Waals surface area (Å²) in [5, 5.41) is 12.3. The molecule has 0 aromatic heterocycles. The molecule has 0 aliphatic rings. The number of methoxy groups -OCH3 is 1. The van der Waals surface area contributed by atoms with E-state index in [1.165, 1.54) is 7.11 Å². The molecule has 0 aliphatic heterocycles. The van der Waals surface area contributed by atoms with Crippen molar-refractivity contribution in [1.82, 2.24) is 0 Å². The maximum atomic E-state index is 11.3. The maximum Gasteiger partial charge on any atom is 0.224 e. The number of carbonyl (C=O) groups is 1. The smallest absolute Gasteiger partial charge is 0.224 e. The molecule has 0 atom stereocenters. The molecule has 1 amide bonds. The summed E-state index contributed by atoms with van der Waals surface area (Å²) in [6, 6.07) is 12.3. The largest absolute Gasteiger partial charge is 0.504 e. The Morgan fingerprint density at radius 3 is 2.64 bits per heavy atom. The zero-order valence-electron chi connectivity index (χ0n) is 12.5. The number of hydrogen-bond acceptors (Lipinski definition) is 4. The average molecular weight is 298 g/mol. The monoisotopic (exact) mass is 298 g/mol. The van der Waals surface area contributed by atoms with Crippen molar-refractivity contribution in [2.75, 3.05) is 12.4 Å². The number of benzene rings is 2. The Morgan fingerprint density at radius 1 is 1.27 bits per heavy atom. The van der Waals surface area contributed by atoms with Crippen molar-refractivity contribution >= 4 is 23.5 Å². The van der Waals surface area contributed by atoms with Crippen LogP contribution in [0.5, 0.6) is 11.5 Å². The van der Waals surface area contributed by atoms with Crippen LogP contribution in [0, 0.1) is 0 Å². The van der Waals surface area contributed by atoms with Gasteiger partial charge in [0.2, 0.25) is 5.91 Å². The lowest BCUT2D eigenvalue weighted by Crippen LogP contribution is -2.08. The van der Waals surface area contributed by atoms with E-state index in [2.05, 4.69) is 10.3 Å². The first kappa shape index (κ1) is 15.6. The molecule has 0 unspecified atom stereocenters. The van der Waals surface area contributed by atoms with Gasteiger partial charge in [-0.2, -0.15) is 0 Å². The topological polar surface area (TPSA) is 70.9 Å². The molecular weight excluding hydrogens is 280 g/mol. The van der Waals surface area contributed by atoms with Crippen LogP contribution in [0.25, 0.3) is 0 Å². The van der Waals surface area contributed by atoms with Gasteiger partial charge in [0, 0.05) is 18.3 Å². The number of aromatic hydroxyl groups is 1. The van der Waals surface area contributed by atoms with E-state index in [0.29, 0.717) is 12.2 Å². The third-order valence-electron chi connectivity index (χ3n) is 3.04. The van der Waals surface area contributed by atoms with Crippen LogP contribution in [-0.2, 0) is 4.79 Å². The second-order valence-corrected chi connectivity index (χ2v) is 4.64. The first-order valence-electron chi connectivity index (χ1n) is 6.93. The van der Waals surface area contributed by atoms with Crippen LogP contribution in [0.2, 0.25) is 0 Å². The van der Waals surface area contributed by atoms with E-state index < -0.39 is 0 Å². The number of phenolic OH excluding ortho intramolecular Hbond substituents is 1. The van der Waals surface area contributed by atoms with Crippen molar-refractivity contribution in [3.63, 3.8) is 0 Å². The summed E-state index contributed by atoms with van der Waals surface area (Å²) < 4.78 is 5.05. The number of nitrogens with one attached hydrogen (secondary N) is 1. The number of hydrogen-bond donors (Lipinski definition) is 2. The van der Waals surface area contributed by atoms with Crippen LogP contribution < -0.4 is 10.1 Å². The number of nitrogens with zero attached hydrogens (tertiary/aromatic N) is 1. The Morgan fingerprint density at radius 2 is 2.00 bits per heavy atom. The summed E-state index contributed by atoms with van der Waals surface area (Å²) in [7, 11) is 1.50. The average Bonchev–Trinajstić information content (AvgIpc) is 2.55. The fraction of sp³-hybridized carbons (Fsp3) is 0.176. The van der Waals surface area contributed by atoms with Crippen molar-refractivity contribution < 1.29 is 14.6 Å². The summed E-state index contributed by atoms with van der Waals surface area (Å²) in [6.45, 7) is 1.81. The van der Waals surface area contributed by atoms with Gasteiger partial charge >= 0.3 is 0 Å². The van der Waals surface area contributed by atoms with Crippen LogP contribution in [0.3, 0.4) is 0 Å². The normalized spacial score (nSPS) is 10.6. The summed E-state index contributed by atoms with van der Waals surface area (Å²) in [5.74, 6) is 0.477. The minimum Gasteiger partial charge on any atom is -0.504 e. The van der Waals surface area contributed by atoms with E-state index in [1.807, 2.05) is 12.1 Å². The molecule has 0 fully saturated rings. The van der Waals surface area contributed by atoms with Crippen LogP contribution in [-0.4, -0.2) is 24.3 Å². The van der Waals surface area contributed by atoms with Crippen molar-refractivity contribution in [2.24, 2.45) is 4.99 Å². The fourth-order valence-electron chi connectivity index (χ4n) is 1.80. The van der Waals surface area contributed by atoms with E-state index in [4.69, 9.17) is 4.74 Å². The number of ether oxygens (including phenoxy) is 1. The molecule has 0 heterocycles. The standard InChI is InChI=1S/C17H18N2O3/c1-3-17(21)19-14-7-5-13(6-8-14)18-11-12-4-9-15(20)16(10-12)22-2/h4-11,20H,3H2,1-2H3,(H,19,21). The van der Waals surface area contributed by atoms with Gasteiger partial charge < -0.3 is 15.2 Å². The van der Waals surface area contributed by atoms with Gasteiger partial charge in [0.1, 0.15) is 0 Å². The fourth-order valence-corrected chi connectivity index (χ4v) is 1.80. The van der Waals surface area contributed by atoms with Gasteiger partial charge in [0.25, 0.3) is 0 Å². The molecule has 2 N–H and O–H groups in total. The van der Waals surface area contributed by atoms with E-state index in [-0.39, 0.29) is 11.7 Å². The molecular formula is C17H18N2O3. The third-order valence-corrected chi connectivity index (χ3v) is 3.04. The van der Waals surface area contributed by atoms with E-state index in [0.717, 1.165) is 16.9 Å². The Labute approximate surface area is 129 Å². The second kappa shape index (κ2) is 7.26. The minimum atomic E-state index is -0.0209. The molecule has 114 valence electrons. The minimum absolute atomic E-state index is 0.0209. The molecule has 2 rings (SSSR count). The number of carbonyl (C=O) groups excluding carboxylic acids is 1. The third kappa shape index (κ3) is 4.09. The number of aliphatic imine (C=N–C) groups is 1. The van der Waals surface area contributed by atoms with Gasteiger partial charge in [0.15, 0.2) is 11.5 Å². The van der Waals surface area contributed by atoms with Gasteiger partial charge in [-0.15, -0.1) is 0 Å². The lowest BCUT2D eigenvalue weighted by atomic mass is 10.2. The predicted molar refractivity (Wildman–Crippen MR) is 87.3 cm³/mol. The number of amides is 1. The molecule has 2 aromatic rings. The molecule has 0 aliphatic carbocycles. The number of phenols is 1. The van der Waals surface area contributed by atoms with Crippen molar-refractivity contribution in [3.8, 4) is 11.5 Å². The zero-order valence-corrected chi connectivity index (χ0v) is 12.5. The van der Waals surface area contributed by atoms with Crippen molar-refractivity contribution in [2.45, 2.75) is 13.3 Å². The van der Waals surface area contributed by atoms with Crippen molar-refractivity contribution in [1.29, 1.82) is 0 Å². The quantitative estimate of drug-likeness (QED) is 0.830. The summed E-state index contributed by atoms with van der Waals surface area (Å²) >= 11 is 0. The van der Waals surface area contributed by atoms with Gasteiger partial charge in [0.05, 0.1) is 12.8 Å². The van der Waals surface area contributed by atoms with E-state index >= 15 is 0 Å². The van der Waals surface area contributed by atoms with Gasteiger partial charge in [-0.05, 0) is 48.0 Å². The summed E-state index contributed by atoms with van der Waals surface area (Å²) in [5.41, 5.74) is 2.33. The highest BCUT2D eigenvalue weighted by Gasteiger charge is 2.01. The number of rotatable bonds is 5. The van der Waals surface area contributed by atoms with Crippen LogP contribution in [0.4, 0.5) is 11.4 Å². The predicted octanol–water partition coefficient (Wildman–Crippen LogP) is 3.50. The zero-order chi connectivity index (χ0) is 15.9. The Balaban J connectivity index is 2.08. The van der Waals surface area contributed by atoms with Crippen LogP contribution >= 0.6 is 0 Å². The van der Waals surface area contributed by atoms with Crippen LogP contribution in [0.1, 0.15) is 18.9 Å². The highest BCUT2D eigenvalue weighted by atomic mass is 16.5. The molecule has 0 spiro atoms. The van der Waals surface area contributed by atoms with Gasteiger partial charge in [-0.3, -0.25) is 9.79 Å². The van der Waals surface area contributed by atoms with Crippen LogP contribution in [0.15, 0.2) is 47.5 Å². The van der Waals surface area contributed by atoms with Crippen molar-refractivity contribution in [3.05, 3.63) is 48.0 Å². The summed E-state index contributed by atoms with van der Waals surface area (Å²) in [6.07, 6.45) is 2.13. The Hall–Kier alpha value is -2.82. The molecule has 0 radical (unpaired) electrons. The second-order valence-electron chi connectivity index (χ2n) is 4.64. The maximum absolute atomic E-state index is 11.3. The first-order chi connectivity index (χ1) is 10.6. The lowest BCUT2D eigenvalue weighted by Gasteiger charge is -2.04. The summed E-state index contributed by atoms with van der Waals surface area (Å²) in [4.78, 5) is 15.6. The molecule has 0 saturated carbocycles. The van der Waals surface area contributed by atoms with E-state index in [9.17, 15) is 9.90 Å². The molecule has 22 heavy (non-hydrogen) atoms. The van der Waals surface area contributed by atoms with Gasteiger partial charge in [-0.1, -0.05) is 6.92 Å². The molecule has 2 aromatic carbocycles. The first-order valence-corrected chi connectivity index (χ1v) is 6.93. The van der Waals surface area contributed by atoms with Gasteiger partial charge in [-0.25, -0.2) is 0 Å². The molecule has 5 nitrogen and oxygen atoms in total. The Bertz CT molecular complexity index is 679. The number of anilines is 1. The lowest BCUT2D eigenvalue weighted by molar-refractivity contribution is -0.115. The highest BCUT2D eigenvalue weighted by Crippen LogP contribution is 2.26. The molecule has 0 saturated heterocycles. The molecule has 5 heteroatoms. The Kier molecular flexibility index (Phi) is 5.14. The molecule has 0 bridgehead atoms. The highest BCUT2D eigenvalue weighted by molar-refractivity contribution is 5.90. The SMILES string of the molecule is CCC(=O)Nc1ccc(N=Cc2ccc(O)c(OC)c2)cc1.